The molecule has 0 aromatic heterocycles. The highest BCUT2D eigenvalue weighted by molar-refractivity contribution is 4.81. The minimum Gasteiger partial charge on any atom is -0.314 e. The second-order valence-electron chi connectivity index (χ2n) is 6.86. The van der Waals surface area contributed by atoms with E-state index in [1.807, 2.05) is 0 Å². The molecule has 1 fully saturated rings. The summed E-state index contributed by atoms with van der Waals surface area (Å²) in [6.07, 6.45) is 15.6. The maximum atomic E-state index is 3.78. The monoisotopic (exact) mass is 253 g/mol. The third-order valence-electron chi connectivity index (χ3n) is 4.68. The fourth-order valence-electron chi connectivity index (χ4n) is 3.16. The molecule has 0 aromatic carbocycles. The van der Waals surface area contributed by atoms with Gasteiger partial charge in [-0.1, -0.05) is 65.2 Å². The molecule has 1 nitrogen and oxygen atoms in total. The normalized spacial score (nSPS) is 20.8. The summed E-state index contributed by atoms with van der Waals surface area (Å²) < 4.78 is 0. The molecule has 0 heterocycles. The molecular formula is C17H35N. The van der Waals surface area contributed by atoms with Gasteiger partial charge in [0.15, 0.2) is 0 Å². The Morgan fingerprint density at radius 2 is 1.67 bits per heavy atom. The molecule has 0 radical (unpaired) electrons. The Labute approximate surface area is 115 Å². The Hall–Kier alpha value is -0.0400. The molecule has 1 unspecified atom stereocenters. The molecule has 1 saturated carbocycles. The number of unbranched alkanes of at least 4 members (excludes halogenated alkanes) is 4. The fraction of sp³-hybridized carbons (Fsp3) is 1.00. The van der Waals surface area contributed by atoms with Gasteiger partial charge in [0, 0.05) is 12.6 Å². The van der Waals surface area contributed by atoms with Crippen molar-refractivity contribution in [1.82, 2.24) is 5.32 Å². The SMILES string of the molecule is CCCCCCCC(C)NCC1(C)CCCCC1. The molecule has 1 rings (SSSR count). The van der Waals surface area contributed by atoms with E-state index in [1.54, 1.807) is 0 Å². The van der Waals surface area contributed by atoms with Crippen molar-refractivity contribution in [1.29, 1.82) is 0 Å². The van der Waals surface area contributed by atoms with Crippen molar-refractivity contribution in [2.75, 3.05) is 6.54 Å². The van der Waals surface area contributed by atoms with E-state index in [2.05, 4.69) is 26.1 Å². The minimum atomic E-state index is 0.592. The van der Waals surface area contributed by atoms with Gasteiger partial charge in [-0.05, 0) is 31.6 Å². The van der Waals surface area contributed by atoms with Crippen LogP contribution in [0.15, 0.2) is 0 Å². The van der Waals surface area contributed by atoms with Gasteiger partial charge >= 0.3 is 0 Å². The molecule has 0 spiro atoms. The van der Waals surface area contributed by atoms with E-state index in [0.717, 1.165) is 0 Å². The molecule has 0 saturated heterocycles. The number of hydrogen-bond donors (Lipinski definition) is 1. The van der Waals surface area contributed by atoms with Crippen LogP contribution in [0.2, 0.25) is 0 Å². The Kier molecular flexibility index (Phi) is 7.97. The van der Waals surface area contributed by atoms with E-state index >= 15 is 0 Å². The summed E-state index contributed by atoms with van der Waals surface area (Å²) in [5.74, 6) is 0. The molecular weight excluding hydrogens is 218 g/mol. The number of hydrogen-bond acceptors (Lipinski definition) is 1. The quantitative estimate of drug-likeness (QED) is 0.550. The van der Waals surface area contributed by atoms with Gasteiger partial charge < -0.3 is 5.32 Å². The highest BCUT2D eigenvalue weighted by Crippen LogP contribution is 2.35. The van der Waals surface area contributed by atoms with Crippen molar-refractivity contribution in [2.45, 2.75) is 97.4 Å². The second kappa shape index (κ2) is 8.96. The van der Waals surface area contributed by atoms with E-state index in [9.17, 15) is 0 Å². The van der Waals surface area contributed by atoms with Gasteiger partial charge in [0.1, 0.15) is 0 Å². The van der Waals surface area contributed by atoms with Gasteiger partial charge in [-0.3, -0.25) is 0 Å². The second-order valence-corrected chi connectivity index (χ2v) is 6.86. The third-order valence-corrected chi connectivity index (χ3v) is 4.68. The molecule has 0 aliphatic heterocycles. The van der Waals surface area contributed by atoms with Crippen LogP contribution in [0.5, 0.6) is 0 Å². The minimum absolute atomic E-state index is 0.592. The van der Waals surface area contributed by atoms with Crippen LogP contribution in [-0.2, 0) is 0 Å². The van der Waals surface area contributed by atoms with Crippen LogP contribution in [0.1, 0.15) is 91.4 Å². The van der Waals surface area contributed by atoms with Crippen LogP contribution in [0.25, 0.3) is 0 Å². The first kappa shape index (κ1) is 16.0. The fourth-order valence-corrected chi connectivity index (χ4v) is 3.16. The summed E-state index contributed by atoms with van der Waals surface area (Å²) in [4.78, 5) is 0. The van der Waals surface area contributed by atoms with Gasteiger partial charge in [0.05, 0.1) is 0 Å². The third kappa shape index (κ3) is 6.78. The van der Waals surface area contributed by atoms with Crippen molar-refractivity contribution in [3.63, 3.8) is 0 Å². The summed E-state index contributed by atoms with van der Waals surface area (Å²) in [5, 5.41) is 3.78. The van der Waals surface area contributed by atoms with Gasteiger partial charge in [0.2, 0.25) is 0 Å². The first-order valence-corrected chi connectivity index (χ1v) is 8.40. The van der Waals surface area contributed by atoms with Crippen molar-refractivity contribution in [2.24, 2.45) is 5.41 Å². The van der Waals surface area contributed by atoms with Gasteiger partial charge in [-0.15, -0.1) is 0 Å². The lowest BCUT2D eigenvalue weighted by Crippen LogP contribution is -2.38. The topological polar surface area (TPSA) is 12.0 Å². The van der Waals surface area contributed by atoms with Crippen LogP contribution in [0.4, 0.5) is 0 Å². The van der Waals surface area contributed by atoms with E-state index in [1.165, 1.54) is 77.2 Å². The molecule has 0 aromatic rings. The molecule has 1 N–H and O–H groups in total. The van der Waals surface area contributed by atoms with Crippen LogP contribution in [0, 0.1) is 5.41 Å². The summed E-state index contributed by atoms with van der Waals surface area (Å²) in [6.45, 7) is 8.37. The van der Waals surface area contributed by atoms with E-state index < -0.39 is 0 Å². The average Bonchev–Trinajstić information content (AvgIpc) is 2.37. The molecule has 1 aliphatic carbocycles. The predicted molar refractivity (Wildman–Crippen MR) is 82.0 cm³/mol. The summed E-state index contributed by atoms with van der Waals surface area (Å²) >= 11 is 0. The molecule has 1 atom stereocenters. The van der Waals surface area contributed by atoms with Gasteiger partial charge in [-0.2, -0.15) is 0 Å². The van der Waals surface area contributed by atoms with E-state index in [-0.39, 0.29) is 0 Å². The average molecular weight is 253 g/mol. The number of nitrogens with one attached hydrogen (secondary N) is 1. The van der Waals surface area contributed by atoms with Crippen LogP contribution in [0.3, 0.4) is 0 Å². The van der Waals surface area contributed by atoms with Gasteiger partial charge in [0.25, 0.3) is 0 Å². The van der Waals surface area contributed by atoms with E-state index in [0.29, 0.717) is 11.5 Å². The number of rotatable bonds is 9. The van der Waals surface area contributed by atoms with Crippen LogP contribution < -0.4 is 5.32 Å². The maximum Gasteiger partial charge on any atom is 0.00389 e. The Morgan fingerprint density at radius 1 is 1.00 bits per heavy atom. The summed E-state index contributed by atoms with van der Waals surface area (Å²) in [6, 6.07) is 0.713. The van der Waals surface area contributed by atoms with Crippen molar-refractivity contribution in [3.8, 4) is 0 Å². The predicted octanol–water partition coefficient (Wildman–Crippen LogP) is 5.30. The molecule has 0 amide bonds. The van der Waals surface area contributed by atoms with Crippen LogP contribution >= 0.6 is 0 Å². The maximum absolute atomic E-state index is 3.78. The molecule has 1 heteroatoms. The Balaban J connectivity index is 2.03. The first-order chi connectivity index (χ1) is 8.66. The lowest BCUT2D eigenvalue weighted by atomic mass is 9.75. The zero-order chi connectivity index (χ0) is 13.3. The lowest BCUT2D eigenvalue weighted by molar-refractivity contribution is 0.200. The largest absolute Gasteiger partial charge is 0.314 e. The van der Waals surface area contributed by atoms with Gasteiger partial charge in [-0.25, -0.2) is 0 Å². The smallest absolute Gasteiger partial charge is 0.00389 e. The molecule has 18 heavy (non-hydrogen) atoms. The zero-order valence-electron chi connectivity index (χ0n) is 13.1. The molecule has 108 valence electrons. The summed E-state index contributed by atoms with van der Waals surface area (Å²) in [7, 11) is 0. The Morgan fingerprint density at radius 3 is 2.33 bits per heavy atom. The highest BCUT2D eigenvalue weighted by Gasteiger charge is 2.26. The van der Waals surface area contributed by atoms with Crippen molar-refractivity contribution >= 4 is 0 Å². The molecule has 0 bridgehead atoms. The first-order valence-electron chi connectivity index (χ1n) is 8.40. The Bertz CT molecular complexity index is 194. The summed E-state index contributed by atoms with van der Waals surface area (Å²) in [5.41, 5.74) is 0.592. The van der Waals surface area contributed by atoms with Crippen LogP contribution in [-0.4, -0.2) is 12.6 Å². The lowest BCUT2D eigenvalue weighted by Gasteiger charge is -2.35. The van der Waals surface area contributed by atoms with Crippen molar-refractivity contribution in [3.05, 3.63) is 0 Å². The molecule has 1 aliphatic rings. The zero-order valence-corrected chi connectivity index (χ0v) is 13.1. The van der Waals surface area contributed by atoms with Crippen molar-refractivity contribution < 1.29 is 0 Å². The standard InChI is InChI=1S/C17H35N/c1-4-5-6-7-9-12-16(2)18-15-17(3)13-10-8-11-14-17/h16,18H,4-15H2,1-3H3. The van der Waals surface area contributed by atoms with E-state index in [4.69, 9.17) is 0 Å². The highest BCUT2D eigenvalue weighted by atomic mass is 14.9.